The SMILES string of the molecule is CCS(=O)(=O)CCOc1c(F)cccc1CNC(C)C. The molecule has 6 heteroatoms. The van der Waals surface area contributed by atoms with Gasteiger partial charge in [0.15, 0.2) is 21.4 Å². The van der Waals surface area contributed by atoms with E-state index in [1.54, 1.807) is 19.1 Å². The summed E-state index contributed by atoms with van der Waals surface area (Å²) in [5.41, 5.74) is 0.688. The number of nitrogens with one attached hydrogen (secondary N) is 1. The molecule has 0 aliphatic rings. The van der Waals surface area contributed by atoms with Crippen LogP contribution in [-0.2, 0) is 16.4 Å². The minimum absolute atomic E-state index is 0.0359. The van der Waals surface area contributed by atoms with Crippen molar-refractivity contribution >= 4 is 9.84 Å². The Morgan fingerprint density at radius 1 is 1.35 bits per heavy atom. The van der Waals surface area contributed by atoms with Crippen molar-refractivity contribution in [1.29, 1.82) is 0 Å². The predicted octanol–water partition coefficient (Wildman–Crippen LogP) is 2.14. The zero-order valence-corrected chi connectivity index (χ0v) is 13.0. The van der Waals surface area contributed by atoms with Gasteiger partial charge in [0.05, 0.1) is 5.75 Å². The van der Waals surface area contributed by atoms with Crippen molar-refractivity contribution in [3.8, 4) is 5.75 Å². The second-order valence-electron chi connectivity index (χ2n) is 4.85. The Bertz CT molecular complexity index is 529. The highest BCUT2D eigenvalue weighted by molar-refractivity contribution is 7.91. The van der Waals surface area contributed by atoms with Gasteiger partial charge in [-0.2, -0.15) is 0 Å². The van der Waals surface area contributed by atoms with E-state index in [1.807, 2.05) is 13.8 Å². The van der Waals surface area contributed by atoms with Gasteiger partial charge in [-0.3, -0.25) is 0 Å². The minimum atomic E-state index is -3.10. The van der Waals surface area contributed by atoms with Gasteiger partial charge in [-0.05, 0) is 6.07 Å². The molecule has 0 unspecified atom stereocenters. The normalized spacial score (nSPS) is 11.8. The van der Waals surface area contributed by atoms with E-state index < -0.39 is 15.7 Å². The van der Waals surface area contributed by atoms with E-state index >= 15 is 0 Å². The van der Waals surface area contributed by atoms with Crippen molar-refractivity contribution in [1.82, 2.24) is 5.32 Å². The van der Waals surface area contributed by atoms with Crippen LogP contribution in [0.3, 0.4) is 0 Å². The first-order valence-electron chi connectivity index (χ1n) is 6.69. The molecule has 0 saturated heterocycles. The number of halogens is 1. The van der Waals surface area contributed by atoms with Crippen LogP contribution in [-0.4, -0.2) is 32.6 Å². The van der Waals surface area contributed by atoms with E-state index in [1.165, 1.54) is 6.07 Å². The molecule has 1 aromatic rings. The highest BCUT2D eigenvalue weighted by Gasteiger charge is 2.12. The molecule has 0 fully saturated rings. The summed E-state index contributed by atoms with van der Waals surface area (Å²) in [5, 5.41) is 3.18. The molecule has 1 rings (SSSR count). The third kappa shape index (κ3) is 5.46. The van der Waals surface area contributed by atoms with Gasteiger partial charge in [-0.15, -0.1) is 0 Å². The average molecular weight is 303 g/mol. The Labute approximate surface area is 120 Å². The summed E-state index contributed by atoms with van der Waals surface area (Å²) in [6.45, 7) is 6.01. The summed E-state index contributed by atoms with van der Waals surface area (Å²) in [7, 11) is -3.10. The molecule has 0 radical (unpaired) electrons. The monoisotopic (exact) mass is 303 g/mol. The fraction of sp³-hybridized carbons (Fsp3) is 0.571. The Hall–Kier alpha value is -1.14. The third-order valence-corrected chi connectivity index (χ3v) is 4.50. The highest BCUT2D eigenvalue weighted by Crippen LogP contribution is 2.22. The van der Waals surface area contributed by atoms with Gasteiger partial charge in [-0.25, -0.2) is 12.8 Å². The number of rotatable bonds is 8. The van der Waals surface area contributed by atoms with E-state index in [2.05, 4.69) is 5.32 Å². The number of hydrogen-bond donors (Lipinski definition) is 1. The molecule has 114 valence electrons. The van der Waals surface area contributed by atoms with Crippen LogP contribution in [0, 0.1) is 5.82 Å². The van der Waals surface area contributed by atoms with Crippen molar-refractivity contribution in [2.75, 3.05) is 18.1 Å². The predicted molar refractivity (Wildman–Crippen MR) is 78.2 cm³/mol. The summed E-state index contributed by atoms with van der Waals surface area (Å²) in [4.78, 5) is 0. The second-order valence-corrected chi connectivity index (χ2v) is 7.32. The maximum atomic E-state index is 13.8. The number of para-hydroxylation sites is 1. The molecule has 0 aliphatic carbocycles. The molecular weight excluding hydrogens is 281 g/mol. The molecule has 0 saturated carbocycles. The molecule has 0 amide bonds. The quantitative estimate of drug-likeness (QED) is 0.799. The first-order valence-corrected chi connectivity index (χ1v) is 8.52. The number of benzene rings is 1. The summed E-state index contributed by atoms with van der Waals surface area (Å²) < 4.78 is 41.9. The highest BCUT2D eigenvalue weighted by atomic mass is 32.2. The van der Waals surface area contributed by atoms with Gasteiger partial charge in [-0.1, -0.05) is 32.9 Å². The lowest BCUT2D eigenvalue weighted by atomic mass is 10.2. The molecule has 0 heterocycles. The first-order chi connectivity index (χ1) is 9.35. The first kappa shape index (κ1) is 16.9. The Morgan fingerprint density at radius 3 is 2.65 bits per heavy atom. The molecule has 0 spiro atoms. The molecule has 0 aliphatic heterocycles. The average Bonchev–Trinajstić information content (AvgIpc) is 2.38. The standard InChI is InChI=1S/C14H22FNO3S/c1-4-20(17,18)9-8-19-14-12(10-16-11(2)3)6-5-7-13(14)15/h5-7,11,16H,4,8-10H2,1-3H3. The van der Waals surface area contributed by atoms with Crippen LogP contribution >= 0.6 is 0 Å². The Kier molecular flexibility index (Phi) is 6.42. The maximum Gasteiger partial charge on any atom is 0.165 e. The summed E-state index contributed by atoms with van der Waals surface area (Å²) in [5.74, 6) is -0.376. The van der Waals surface area contributed by atoms with Crippen molar-refractivity contribution in [3.05, 3.63) is 29.6 Å². The number of sulfone groups is 1. The zero-order chi connectivity index (χ0) is 15.2. The van der Waals surface area contributed by atoms with Crippen molar-refractivity contribution in [2.45, 2.75) is 33.4 Å². The Balaban J connectivity index is 2.72. The summed E-state index contributed by atoms with van der Waals surface area (Å²) in [6, 6.07) is 4.96. The van der Waals surface area contributed by atoms with Crippen LogP contribution in [0.1, 0.15) is 26.3 Å². The van der Waals surface area contributed by atoms with Crippen LogP contribution in [0.2, 0.25) is 0 Å². The third-order valence-electron chi connectivity index (χ3n) is 2.83. The molecule has 20 heavy (non-hydrogen) atoms. The van der Waals surface area contributed by atoms with Crippen LogP contribution in [0.5, 0.6) is 5.75 Å². The van der Waals surface area contributed by atoms with Crippen LogP contribution < -0.4 is 10.1 Å². The molecule has 0 atom stereocenters. The van der Waals surface area contributed by atoms with E-state index in [0.717, 1.165) is 0 Å². The van der Waals surface area contributed by atoms with Crippen LogP contribution in [0.15, 0.2) is 18.2 Å². The molecule has 0 bridgehead atoms. The number of hydrogen-bond acceptors (Lipinski definition) is 4. The van der Waals surface area contributed by atoms with Gasteiger partial charge < -0.3 is 10.1 Å². The van der Waals surface area contributed by atoms with Crippen molar-refractivity contribution in [2.24, 2.45) is 0 Å². The van der Waals surface area contributed by atoms with E-state index in [-0.39, 0.29) is 29.9 Å². The van der Waals surface area contributed by atoms with E-state index in [9.17, 15) is 12.8 Å². The zero-order valence-electron chi connectivity index (χ0n) is 12.1. The summed E-state index contributed by atoms with van der Waals surface area (Å²) >= 11 is 0. The molecule has 1 aromatic carbocycles. The fourth-order valence-corrected chi connectivity index (χ4v) is 2.21. The van der Waals surface area contributed by atoms with Crippen LogP contribution in [0.4, 0.5) is 4.39 Å². The molecule has 4 nitrogen and oxygen atoms in total. The van der Waals surface area contributed by atoms with Gasteiger partial charge in [0.25, 0.3) is 0 Å². The molecule has 0 aromatic heterocycles. The lowest BCUT2D eigenvalue weighted by Gasteiger charge is -2.14. The topological polar surface area (TPSA) is 55.4 Å². The van der Waals surface area contributed by atoms with Gasteiger partial charge in [0.2, 0.25) is 0 Å². The van der Waals surface area contributed by atoms with Crippen molar-refractivity contribution < 1.29 is 17.5 Å². The van der Waals surface area contributed by atoms with Crippen molar-refractivity contribution in [3.63, 3.8) is 0 Å². The minimum Gasteiger partial charge on any atom is -0.489 e. The molecular formula is C14H22FNO3S. The lowest BCUT2D eigenvalue weighted by molar-refractivity contribution is 0.317. The number of ether oxygens (including phenoxy) is 1. The van der Waals surface area contributed by atoms with Gasteiger partial charge in [0, 0.05) is 23.9 Å². The maximum absolute atomic E-state index is 13.8. The van der Waals surface area contributed by atoms with E-state index in [0.29, 0.717) is 12.1 Å². The largest absolute Gasteiger partial charge is 0.489 e. The van der Waals surface area contributed by atoms with Gasteiger partial charge >= 0.3 is 0 Å². The lowest BCUT2D eigenvalue weighted by Crippen LogP contribution is -2.23. The fourth-order valence-electron chi connectivity index (χ4n) is 1.58. The smallest absolute Gasteiger partial charge is 0.165 e. The second kappa shape index (κ2) is 7.59. The van der Waals surface area contributed by atoms with E-state index in [4.69, 9.17) is 4.74 Å². The Morgan fingerprint density at radius 2 is 2.05 bits per heavy atom. The molecule has 1 N–H and O–H groups in total. The summed E-state index contributed by atoms with van der Waals surface area (Å²) in [6.07, 6.45) is 0. The van der Waals surface area contributed by atoms with Crippen LogP contribution in [0.25, 0.3) is 0 Å². The van der Waals surface area contributed by atoms with Gasteiger partial charge in [0.1, 0.15) is 6.61 Å².